The lowest BCUT2D eigenvalue weighted by atomic mass is 9.88. The molecule has 0 aliphatic heterocycles. The maximum atomic E-state index is 13.5. The van der Waals surface area contributed by atoms with E-state index in [0.717, 1.165) is 0 Å². The number of anilines is 1. The Morgan fingerprint density at radius 1 is 1.19 bits per heavy atom. The van der Waals surface area contributed by atoms with E-state index >= 15 is 0 Å². The summed E-state index contributed by atoms with van der Waals surface area (Å²) in [6.45, 7) is 13.9. The third-order valence-electron chi connectivity index (χ3n) is 4.60. The summed E-state index contributed by atoms with van der Waals surface area (Å²) in [7, 11) is -2.25. The number of sulfonamides is 1. The molecule has 7 nitrogen and oxygen atoms in total. The first-order valence-electron chi connectivity index (χ1n) is 10.5. The molecule has 31 heavy (non-hydrogen) atoms. The summed E-state index contributed by atoms with van der Waals surface area (Å²) in [5.74, 6) is 0.133. The number of hydrogen-bond donors (Lipinski definition) is 0. The van der Waals surface area contributed by atoms with E-state index in [1.807, 2.05) is 27.7 Å². The van der Waals surface area contributed by atoms with E-state index in [1.54, 1.807) is 40.0 Å². The molecule has 0 N–H and O–H groups in total. The zero-order valence-corrected chi connectivity index (χ0v) is 20.9. The van der Waals surface area contributed by atoms with Gasteiger partial charge in [-0.05, 0) is 56.7 Å². The van der Waals surface area contributed by atoms with E-state index in [0.29, 0.717) is 31.6 Å². The molecule has 0 saturated carbocycles. The average molecular weight is 452 g/mol. The van der Waals surface area contributed by atoms with E-state index in [9.17, 15) is 13.2 Å². The van der Waals surface area contributed by atoms with E-state index < -0.39 is 21.7 Å². The summed E-state index contributed by atoms with van der Waals surface area (Å²) in [6.07, 6.45) is 0.423. The molecule has 8 heteroatoms. The highest BCUT2D eigenvalue weighted by Gasteiger charge is 2.32. The molecule has 0 unspecified atom stereocenters. The van der Waals surface area contributed by atoms with Crippen molar-refractivity contribution >= 4 is 21.8 Å². The van der Waals surface area contributed by atoms with Gasteiger partial charge < -0.3 is 4.74 Å². The van der Waals surface area contributed by atoms with Gasteiger partial charge in [0.15, 0.2) is 0 Å². The Bertz CT molecular complexity index is 896. The van der Waals surface area contributed by atoms with Gasteiger partial charge in [-0.2, -0.15) is 9.57 Å². The highest BCUT2D eigenvalue weighted by atomic mass is 32.2. The summed E-state index contributed by atoms with van der Waals surface area (Å²) in [5, 5.41) is 8.92. The van der Waals surface area contributed by atoms with Gasteiger partial charge in [-0.25, -0.2) is 13.2 Å². The number of nitrogens with zero attached hydrogens (tertiary/aromatic N) is 3. The van der Waals surface area contributed by atoms with Crippen molar-refractivity contribution in [3.05, 3.63) is 24.3 Å². The first kappa shape index (κ1) is 26.9. The molecule has 0 spiro atoms. The van der Waals surface area contributed by atoms with Crippen molar-refractivity contribution in [2.24, 2.45) is 11.3 Å². The fourth-order valence-electron chi connectivity index (χ4n) is 3.04. The molecule has 1 rings (SSSR count). The summed E-state index contributed by atoms with van der Waals surface area (Å²) in [4.78, 5) is 13.8. The van der Waals surface area contributed by atoms with Crippen LogP contribution >= 0.6 is 0 Å². The SMILES string of the molecule is CC(C)CN(CC(C)(C)CCC#N)S(=O)(=O)c1cccc(N(C)C(=O)OC(C)(C)C)c1. The highest BCUT2D eigenvalue weighted by molar-refractivity contribution is 7.89. The van der Waals surface area contributed by atoms with Crippen molar-refractivity contribution in [2.75, 3.05) is 25.0 Å². The van der Waals surface area contributed by atoms with Crippen LogP contribution in [0.15, 0.2) is 29.2 Å². The number of carbonyl (C=O) groups is 1. The molecule has 0 aromatic heterocycles. The van der Waals surface area contributed by atoms with E-state index in [4.69, 9.17) is 10.00 Å². The third kappa shape index (κ3) is 8.50. The van der Waals surface area contributed by atoms with Crippen LogP contribution in [-0.4, -0.2) is 44.6 Å². The lowest BCUT2D eigenvalue weighted by Gasteiger charge is -2.33. The maximum absolute atomic E-state index is 13.5. The molecule has 0 saturated heterocycles. The second-order valence-electron chi connectivity index (χ2n) is 10.1. The number of ether oxygens (including phenoxy) is 1. The number of hydrogen-bond acceptors (Lipinski definition) is 5. The Hall–Kier alpha value is -2.11. The van der Waals surface area contributed by atoms with Gasteiger partial charge in [0.25, 0.3) is 0 Å². The van der Waals surface area contributed by atoms with Crippen LogP contribution in [-0.2, 0) is 14.8 Å². The Labute approximate surface area is 188 Å². The van der Waals surface area contributed by atoms with Crippen LogP contribution in [0.2, 0.25) is 0 Å². The first-order valence-corrected chi connectivity index (χ1v) is 12.0. The third-order valence-corrected chi connectivity index (χ3v) is 6.40. The second-order valence-corrected chi connectivity index (χ2v) is 12.0. The standard InChI is InChI=1S/C23H37N3O4S/c1-18(2)16-26(17-23(6,7)13-10-14-24)31(28,29)20-12-9-11-19(15-20)25(8)21(27)30-22(3,4)5/h9,11-12,15,18H,10,13,16-17H2,1-8H3. The molecule has 0 atom stereocenters. The number of rotatable bonds is 9. The quantitative estimate of drug-likeness (QED) is 0.525. The fourth-order valence-corrected chi connectivity index (χ4v) is 4.88. The Balaban J connectivity index is 3.25. The van der Waals surface area contributed by atoms with Crippen molar-refractivity contribution in [1.29, 1.82) is 5.26 Å². The Morgan fingerprint density at radius 3 is 2.32 bits per heavy atom. The number of carbonyl (C=O) groups excluding carboxylic acids is 1. The molecule has 0 aliphatic carbocycles. The molecule has 0 heterocycles. The normalized spacial score (nSPS) is 12.7. The number of amides is 1. The van der Waals surface area contributed by atoms with Crippen LogP contribution in [0.1, 0.15) is 61.3 Å². The minimum atomic E-state index is -3.80. The van der Waals surface area contributed by atoms with Gasteiger partial charge in [0.2, 0.25) is 10.0 Å². The minimum absolute atomic E-state index is 0.122. The van der Waals surface area contributed by atoms with Gasteiger partial charge in [-0.15, -0.1) is 0 Å². The van der Waals surface area contributed by atoms with Crippen molar-refractivity contribution in [3.63, 3.8) is 0 Å². The highest BCUT2D eigenvalue weighted by Crippen LogP contribution is 2.29. The van der Waals surface area contributed by atoms with Gasteiger partial charge in [-0.3, -0.25) is 4.90 Å². The smallest absolute Gasteiger partial charge is 0.414 e. The van der Waals surface area contributed by atoms with Crippen molar-refractivity contribution in [3.8, 4) is 6.07 Å². The molecule has 0 fully saturated rings. The summed E-state index contributed by atoms with van der Waals surface area (Å²) < 4.78 is 33.9. The second kappa shape index (κ2) is 10.5. The Kier molecular flexibility index (Phi) is 9.09. The summed E-state index contributed by atoms with van der Waals surface area (Å²) in [6, 6.07) is 8.47. The van der Waals surface area contributed by atoms with Crippen LogP contribution in [0.25, 0.3) is 0 Å². The van der Waals surface area contributed by atoms with Crippen molar-refractivity contribution in [2.45, 2.75) is 71.8 Å². The molecular weight excluding hydrogens is 414 g/mol. The Morgan fingerprint density at radius 2 is 1.81 bits per heavy atom. The molecule has 174 valence electrons. The molecule has 0 bridgehead atoms. The molecule has 1 aromatic carbocycles. The number of benzene rings is 1. The fraction of sp³-hybridized carbons (Fsp3) is 0.652. The van der Waals surface area contributed by atoms with E-state index in [2.05, 4.69) is 6.07 Å². The zero-order chi connectivity index (χ0) is 24.0. The summed E-state index contributed by atoms with van der Waals surface area (Å²) in [5.41, 5.74) is -0.565. The monoisotopic (exact) mass is 451 g/mol. The van der Waals surface area contributed by atoms with Crippen LogP contribution in [0.5, 0.6) is 0 Å². The van der Waals surface area contributed by atoms with Crippen LogP contribution in [0, 0.1) is 22.7 Å². The van der Waals surface area contributed by atoms with Crippen molar-refractivity contribution < 1.29 is 17.9 Å². The van der Waals surface area contributed by atoms with E-state index in [-0.39, 0.29) is 16.2 Å². The van der Waals surface area contributed by atoms with Crippen LogP contribution < -0.4 is 4.90 Å². The molecule has 1 aromatic rings. The molecule has 0 aliphatic rings. The van der Waals surface area contributed by atoms with Gasteiger partial charge in [-0.1, -0.05) is 33.8 Å². The predicted molar refractivity (Wildman–Crippen MR) is 123 cm³/mol. The topological polar surface area (TPSA) is 90.7 Å². The summed E-state index contributed by atoms with van der Waals surface area (Å²) >= 11 is 0. The number of nitriles is 1. The predicted octanol–water partition coefficient (Wildman–Crippen LogP) is 5.03. The van der Waals surface area contributed by atoms with Gasteiger partial charge in [0.1, 0.15) is 5.60 Å². The molecular formula is C23H37N3O4S. The van der Waals surface area contributed by atoms with E-state index in [1.165, 1.54) is 21.3 Å². The van der Waals surface area contributed by atoms with Crippen molar-refractivity contribution in [1.82, 2.24) is 4.31 Å². The van der Waals surface area contributed by atoms with Gasteiger partial charge >= 0.3 is 6.09 Å². The van der Waals surface area contributed by atoms with Crippen LogP contribution in [0.3, 0.4) is 0 Å². The van der Waals surface area contributed by atoms with Gasteiger partial charge in [0, 0.05) is 32.2 Å². The lowest BCUT2D eigenvalue weighted by Crippen LogP contribution is -2.41. The van der Waals surface area contributed by atoms with Gasteiger partial charge in [0.05, 0.1) is 11.0 Å². The zero-order valence-electron chi connectivity index (χ0n) is 20.1. The molecule has 1 amide bonds. The maximum Gasteiger partial charge on any atom is 0.414 e. The minimum Gasteiger partial charge on any atom is -0.443 e. The average Bonchev–Trinajstić information content (AvgIpc) is 2.63. The lowest BCUT2D eigenvalue weighted by molar-refractivity contribution is 0.0589. The first-order chi connectivity index (χ1) is 14.1. The largest absolute Gasteiger partial charge is 0.443 e. The molecule has 0 radical (unpaired) electrons. The van der Waals surface area contributed by atoms with Crippen LogP contribution in [0.4, 0.5) is 10.5 Å².